The Hall–Kier alpha value is -1.06. The molecule has 1 saturated heterocycles. The fourth-order valence-electron chi connectivity index (χ4n) is 1.69. The maximum absolute atomic E-state index is 9.55. The van der Waals surface area contributed by atoms with E-state index < -0.39 is 0 Å². The van der Waals surface area contributed by atoms with E-state index in [1.165, 1.54) is 0 Å². The van der Waals surface area contributed by atoms with Gasteiger partial charge in [-0.25, -0.2) is 0 Å². The minimum Gasteiger partial charge on any atom is -0.507 e. The minimum atomic E-state index is 0.195. The molecule has 0 unspecified atom stereocenters. The van der Waals surface area contributed by atoms with Gasteiger partial charge in [0.25, 0.3) is 0 Å². The lowest BCUT2D eigenvalue weighted by Gasteiger charge is -2.04. The third-order valence-corrected chi connectivity index (χ3v) is 2.79. The van der Waals surface area contributed by atoms with E-state index in [0.29, 0.717) is 17.1 Å². The Labute approximate surface area is 99.7 Å². The number of aliphatic imine (C=N–C) groups is 1. The van der Waals surface area contributed by atoms with Crippen LogP contribution in [0.15, 0.2) is 23.2 Å². The average Bonchev–Trinajstić information content (AvgIpc) is 2.76. The fraction of sp³-hybridized carbons (Fsp3) is 0.417. The zero-order chi connectivity index (χ0) is 11.4. The highest BCUT2D eigenvalue weighted by Gasteiger charge is 2.13. The zero-order valence-corrected chi connectivity index (χ0v) is 9.65. The van der Waals surface area contributed by atoms with Crippen molar-refractivity contribution in [3.8, 4) is 5.75 Å². The molecule has 0 aliphatic carbocycles. The molecule has 3 nitrogen and oxygen atoms in total. The van der Waals surface area contributed by atoms with Crippen LogP contribution in [-0.2, 0) is 4.74 Å². The summed E-state index contributed by atoms with van der Waals surface area (Å²) in [6.45, 7) is 1.48. The summed E-state index contributed by atoms with van der Waals surface area (Å²) in [6.07, 6.45) is 4.06. The first kappa shape index (κ1) is 11.4. The molecule has 4 heteroatoms. The number of benzene rings is 1. The first-order valence-electron chi connectivity index (χ1n) is 5.35. The van der Waals surface area contributed by atoms with Gasteiger partial charge in [-0.05, 0) is 31.0 Å². The van der Waals surface area contributed by atoms with E-state index in [9.17, 15) is 5.11 Å². The molecule has 86 valence electrons. The molecule has 1 fully saturated rings. The number of nitrogens with zero attached hydrogens (tertiary/aromatic N) is 1. The van der Waals surface area contributed by atoms with Gasteiger partial charge in [0.15, 0.2) is 0 Å². The van der Waals surface area contributed by atoms with Gasteiger partial charge in [0.05, 0.1) is 12.6 Å². The molecule has 2 rings (SSSR count). The van der Waals surface area contributed by atoms with Crippen LogP contribution < -0.4 is 0 Å². The molecule has 0 saturated carbocycles. The van der Waals surface area contributed by atoms with Gasteiger partial charge < -0.3 is 9.84 Å². The lowest BCUT2D eigenvalue weighted by molar-refractivity contribution is 0.118. The quantitative estimate of drug-likeness (QED) is 0.824. The number of ether oxygens (including phenoxy) is 1. The van der Waals surface area contributed by atoms with Crippen molar-refractivity contribution in [2.24, 2.45) is 4.99 Å². The maximum Gasteiger partial charge on any atom is 0.124 e. The summed E-state index contributed by atoms with van der Waals surface area (Å²) in [6, 6.07) is 4.90. The van der Waals surface area contributed by atoms with Crippen molar-refractivity contribution in [2.45, 2.75) is 18.9 Å². The van der Waals surface area contributed by atoms with E-state index in [1.807, 2.05) is 0 Å². The van der Waals surface area contributed by atoms with Crippen molar-refractivity contribution < 1.29 is 9.84 Å². The van der Waals surface area contributed by atoms with Gasteiger partial charge >= 0.3 is 0 Å². The van der Waals surface area contributed by atoms with E-state index >= 15 is 0 Å². The van der Waals surface area contributed by atoms with E-state index in [0.717, 1.165) is 19.4 Å². The van der Waals surface area contributed by atoms with Crippen molar-refractivity contribution in [3.63, 3.8) is 0 Å². The molecule has 1 aromatic carbocycles. The molecule has 1 N–H and O–H groups in total. The summed E-state index contributed by atoms with van der Waals surface area (Å²) in [5.74, 6) is 0.195. The van der Waals surface area contributed by atoms with Crippen LogP contribution in [0.2, 0.25) is 5.02 Å². The molecule has 1 heterocycles. The Bertz CT molecular complexity index is 387. The molecule has 16 heavy (non-hydrogen) atoms. The van der Waals surface area contributed by atoms with Crippen LogP contribution in [0, 0.1) is 0 Å². The van der Waals surface area contributed by atoms with Gasteiger partial charge in [-0.3, -0.25) is 4.99 Å². The van der Waals surface area contributed by atoms with Gasteiger partial charge in [-0.15, -0.1) is 0 Å². The molecule has 1 atom stereocenters. The lowest BCUT2D eigenvalue weighted by Crippen LogP contribution is -2.08. The summed E-state index contributed by atoms with van der Waals surface area (Å²) in [5.41, 5.74) is 0.644. The van der Waals surface area contributed by atoms with Gasteiger partial charge in [-0.2, -0.15) is 0 Å². The number of aromatic hydroxyl groups is 1. The largest absolute Gasteiger partial charge is 0.507 e. The van der Waals surface area contributed by atoms with Crippen LogP contribution >= 0.6 is 11.6 Å². The van der Waals surface area contributed by atoms with Gasteiger partial charge in [0, 0.05) is 23.4 Å². The molecule has 1 aliphatic rings. The first-order valence-corrected chi connectivity index (χ1v) is 5.73. The Morgan fingerprint density at radius 1 is 1.56 bits per heavy atom. The van der Waals surface area contributed by atoms with Crippen LogP contribution in [0.4, 0.5) is 0 Å². The molecule has 0 spiro atoms. The SMILES string of the molecule is Oc1ccc(Cl)cc1C=NC[C@@H]1CCCO1. The van der Waals surface area contributed by atoms with Crippen molar-refractivity contribution in [1.29, 1.82) is 0 Å². The topological polar surface area (TPSA) is 41.8 Å². The van der Waals surface area contributed by atoms with Crippen LogP contribution in [0.25, 0.3) is 0 Å². The first-order chi connectivity index (χ1) is 7.75. The molecule has 0 radical (unpaired) electrons. The van der Waals surface area contributed by atoms with Crippen molar-refractivity contribution in [3.05, 3.63) is 28.8 Å². The molecule has 0 aromatic heterocycles. The molecule has 0 amide bonds. The Morgan fingerprint density at radius 2 is 2.44 bits per heavy atom. The summed E-state index contributed by atoms with van der Waals surface area (Å²) in [5, 5.41) is 10.1. The minimum absolute atomic E-state index is 0.195. The number of hydrogen-bond donors (Lipinski definition) is 1. The van der Waals surface area contributed by atoms with Crippen LogP contribution in [0.1, 0.15) is 18.4 Å². The highest BCUT2D eigenvalue weighted by Crippen LogP contribution is 2.19. The molecule has 0 bridgehead atoms. The number of rotatable bonds is 3. The van der Waals surface area contributed by atoms with Gasteiger partial charge in [0.1, 0.15) is 5.75 Å². The molecular weight excluding hydrogens is 226 g/mol. The molecular formula is C12H14ClNO2. The van der Waals surface area contributed by atoms with Crippen LogP contribution in [-0.4, -0.2) is 30.6 Å². The fourth-order valence-corrected chi connectivity index (χ4v) is 1.87. The second-order valence-corrected chi connectivity index (χ2v) is 4.27. The third-order valence-electron chi connectivity index (χ3n) is 2.55. The smallest absolute Gasteiger partial charge is 0.124 e. The van der Waals surface area contributed by atoms with E-state index in [2.05, 4.69) is 4.99 Å². The Kier molecular flexibility index (Phi) is 3.80. The molecule has 1 aliphatic heterocycles. The average molecular weight is 240 g/mol. The van der Waals surface area contributed by atoms with Crippen molar-refractivity contribution >= 4 is 17.8 Å². The molecule has 1 aromatic rings. The lowest BCUT2D eigenvalue weighted by atomic mass is 10.2. The van der Waals surface area contributed by atoms with Crippen molar-refractivity contribution in [1.82, 2.24) is 0 Å². The van der Waals surface area contributed by atoms with Gasteiger partial charge in [-0.1, -0.05) is 11.6 Å². The van der Waals surface area contributed by atoms with Crippen LogP contribution in [0.5, 0.6) is 5.75 Å². The zero-order valence-electron chi connectivity index (χ0n) is 8.90. The van der Waals surface area contributed by atoms with E-state index in [1.54, 1.807) is 24.4 Å². The standard InChI is InChI=1S/C12H14ClNO2/c13-10-3-4-12(15)9(6-10)7-14-8-11-2-1-5-16-11/h3-4,6-7,11,15H,1-2,5,8H2/t11-/m0/s1. The Morgan fingerprint density at radius 3 is 3.19 bits per heavy atom. The highest BCUT2D eigenvalue weighted by molar-refractivity contribution is 6.30. The number of phenolic OH excluding ortho intramolecular Hbond substituents is 1. The predicted octanol–water partition coefficient (Wildman–Crippen LogP) is 2.64. The highest BCUT2D eigenvalue weighted by atomic mass is 35.5. The summed E-state index contributed by atoms with van der Waals surface area (Å²) in [4.78, 5) is 4.26. The summed E-state index contributed by atoms with van der Waals surface area (Å²) < 4.78 is 5.44. The predicted molar refractivity (Wildman–Crippen MR) is 64.6 cm³/mol. The second-order valence-electron chi connectivity index (χ2n) is 3.83. The van der Waals surface area contributed by atoms with Crippen LogP contribution in [0.3, 0.4) is 0 Å². The van der Waals surface area contributed by atoms with Gasteiger partial charge in [0.2, 0.25) is 0 Å². The van der Waals surface area contributed by atoms with Crippen molar-refractivity contribution in [2.75, 3.05) is 13.2 Å². The summed E-state index contributed by atoms with van der Waals surface area (Å²) >= 11 is 5.83. The van der Waals surface area contributed by atoms with E-state index in [4.69, 9.17) is 16.3 Å². The Balaban J connectivity index is 1.96. The third kappa shape index (κ3) is 2.97. The number of halogens is 1. The maximum atomic E-state index is 9.55. The normalized spacial score (nSPS) is 20.7. The summed E-state index contributed by atoms with van der Waals surface area (Å²) in [7, 11) is 0. The van der Waals surface area contributed by atoms with E-state index in [-0.39, 0.29) is 11.9 Å². The number of hydrogen-bond acceptors (Lipinski definition) is 3. The number of phenols is 1. The second kappa shape index (κ2) is 5.32. The monoisotopic (exact) mass is 239 g/mol.